The van der Waals surface area contributed by atoms with Gasteiger partial charge in [0.2, 0.25) is 5.78 Å². The zero-order valence-electron chi connectivity index (χ0n) is 10.6. The van der Waals surface area contributed by atoms with Crippen molar-refractivity contribution in [1.82, 2.24) is 4.98 Å². The lowest BCUT2D eigenvalue weighted by molar-refractivity contribution is 0.103. The Labute approximate surface area is 111 Å². The minimum absolute atomic E-state index is 0.0273. The first-order valence-electron chi connectivity index (χ1n) is 6.22. The molecule has 0 radical (unpaired) electrons. The van der Waals surface area contributed by atoms with Gasteiger partial charge < -0.3 is 0 Å². The summed E-state index contributed by atoms with van der Waals surface area (Å²) in [5.41, 5.74) is 2.06. The minimum atomic E-state index is -0.0273. The highest BCUT2D eigenvalue weighted by molar-refractivity contribution is 6.15. The van der Waals surface area contributed by atoms with E-state index in [9.17, 15) is 4.79 Å². The van der Waals surface area contributed by atoms with Gasteiger partial charge in [-0.25, -0.2) is 4.98 Å². The van der Waals surface area contributed by atoms with Gasteiger partial charge in [-0.1, -0.05) is 54.6 Å². The maximum atomic E-state index is 12.6. The molecule has 0 aliphatic rings. The van der Waals surface area contributed by atoms with E-state index in [0.29, 0.717) is 11.3 Å². The molecule has 0 spiro atoms. The molecule has 1 heterocycles. The van der Waals surface area contributed by atoms with E-state index >= 15 is 0 Å². The molecular weight excluding hydrogens is 234 g/mol. The number of rotatable bonds is 2. The third kappa shape index (κ3) is 2.13. The largest absolute Gasteiger partial charge is 0.287 e. The lowest BCUT2D eigenvalue weighted by atomic mass is 10.0. The van der Waals surface area contributed by atoms with Crippen LogP contribution in [0.5, 0.6) is 0 Å². The molecule has 0 bridgehead atoms. The van der Waals surface area contributed by atoms with Crippen LogP contribution in [-0.2, 0) is 0 Å². The van der Waals surface area contributed by atoms with E-state index in [1.807, 2.05) is 67.6 Å². The van der Waals surface area contributed by atoms with Crippen molar-refractivity contribution in [2.24, 2.45) is 0 Å². The van der Waals surface area contributed by atoms with Crippen molar-refractivity contribution in [3.63, 3.8) is 0 Å². The summed E-state index contributed by atoms with van der Waals surface area (Å²) >= 11 is 0. The Hall–Kier alpha value is -2.48. The zero-order chi connectivity index (χ0) is 13.2. The van der Waals surface area contributed by atoms with Gasteiger partial charge in [-0.3, -0.25) is 4.79 Å². The van der Waals surface area contributed by atoms with Crippen LogP contribution in [0, 0.1) is 6.92 Å². The summed E-state index contributed by atoms with van der Waals surface area (Å²) in [6, 6.07) is 19.1. The number of fused-ring (bicyclic) bond motifs is 1. The van der Waals surface area contributed by atoms with Gasteiger partial charge in [0.15, 0.2) is 0 Å². The summed E-state index contributed by atoms with van der Waals surface area (Å²) in [4.78, 5) is 17.0. The van der Waals surface area contributed by atoms with E-state index < -0.39 is 0 Å². The van der Waals surface area contributed by atoms with Gasteiger partial charge in [0.1, 0.15) is 5.69 Å². The molecule has 2 aromatic carbocycles. The maximum absolute atomic E-state index is 12.6. The molecule has 92 valence electrons. The molecule has 1 aromatic heterocycles. The Kier molecular flexibility index (Phi) is 2.84. The predicted molar refractivity (Wildman–Crippen MR) is 76.4 cm³/mol. The average molecular weight is 247 g/mol. The summed E-state index contributed by atoms with van der Waals surface area (Å²) in [6.07, 6.45) is 0. The summed E-state index contributed by atoms with van der Waals surface area (Å²) in [5.74, 6) is -0.0273. The van der Waals surface area contributed by atoms with Gasteiger partial charge in [-0.15, -0.1) is 0 Å². The molecule has 0 fully saturated rings. The van der Waals surface area contributed by atoms with Gasteiger partial charge in [0.05, 0.1) is 0 Å². The molecule has 19 heavy (non-hydrogen) atoms. The van der Waals surface area contributed by atoms with Crippen LogP contribution in [0.15, 0.2) is 60.7 Å². The van der Waals surface area contributed by atoms with Crippen LogP contribution in [0.3, 0.4) is 0 Å². The third-order valence-corrected chi connectivity index (χ3v) is 3.12. The molecule has 0 unspecified atom stereocenters. The van der Waals surface area contributed by atoms with Gasteiger partial charge in [-0.05, 0) is 18.4 Å². The Morgan fingerprint density at radius 3 is 2.42 bits per heavy atom. The van der Waals surface area contributed by atoms with Crippen LogP contribution >= 0.6 is 0 Å². The second kappa shape index (κ2) is 4.65. The van der Waals surface area contributed by atoms with Crippen molar-refractivity contribution in [2.45, 2.75) is 6.92 Å². The highest BCUT2D eigenvalue weighted by Gasteiger charge is 2.14. The Bertz CT molecular complexity index is 748. The van der Waals surface area contributed by atoms with E-state index in [4.69, 9.17) is 0 Å². The average Bonchev–Trinajstić information content (AvgIpc) is 2.46. The third-order valence-electron chi connectivity index (χ3n) is 3.12. The van der Waals surface area contributed by atoms with Crippen molar-refractivity contribution in [3.8, 4) is 0 Å². The fourth-order valence-electron chi connectivity index (χ4n) is 2.23. The summed E-state index contributed by atoms with van der Waals surface area (Å²) in [6.45, 7) is 1.91. The molecule has 0 saturated heterocycles. The molecule has 0 N–H and O–H groups in total. The van der Waals surface area contributed by atoms with Crippen LogP contribution in [-0.4, -0.2) is 10.8 Å². The standard InChI is InChI=1S/C17H13NO/c1-12-11-14-9-5-6-10-15(14)16(18-12)17(19)13-7-3-2-4-8-13/h2-11H,1H3. The molecule has 2 nitrogen and oxygen atoms in total. The Morgan fingerprint density at radius 1 is 0.947 bits per heavy atom. The first kappa shape index (κ1) is 11.6. The van der Waals surface area contributed by atoms with Crippen LogP contribution in [0.25, 0.3) is 10.8 Å². The highest BCUT2D eigenvalue weighted by atomic mass is 16.1. The van der Waals surface area contributed by atoms with Gasteiger partial charge >= 0.3 is 0 Å². The first-order valence-corrected chi connectivity index (χ1v) is 6.22. The SMILES string of the molecule is Cc1cc2ccccc2c(C(=O)c2ccccc2)n1. The quantitative estimate of drug-likeness (QED) is 0.645. The van der Waals surface area contributed by atoms with Gasteiger partial charge in [0, 0.05) is 16.6 Å². The number of hydrogen-bond acceptors (Lipinski definition) is 2. The maximum Gasteiger partial charge on any atom is 0.211 e. The number of carbonyl (C=O) groups is 1. The smallest absolute Gasteiger partial charge is 0.211 e. The summed E-state index contributed by atoms with van der Waals surface area (Å²) in [7, 11) is 0. The molecule has 0 amide bonds. The fourth-order valence-corrected chi connectivity index (χ4v) is 2.23. The molecule has 3 rings (SSSR count). The lowest BCUT2D eigenvalue weighted by Crippen LogP contribution is -2.06. The number of ketones is 1. The number of aromatic nitrogens is 1. The predicted octanol–water partition coefficient (Wildman–Crippen LogP) is 3.77. The van der Waals surface area contributed by atoms with E-state index in [-0.39, 0.29) is 5.78 Å². The number of benzene rings is 2. The summed E-state index contributed by atoms with van der Waals surface area (Å²) in [5, 5.41) is 1.95. The molecule has 0 saturated carbocycles. The van der Waals surface area contributed by atoms with Gasteiger partial charge in [0.25, 0.3) is 0 Å². The van der Waals surface area contributed by atoms with Crippen molar-refractivity contribution >= 4 is 16.6 Å². The van der Waals surface area contributed by atoms with Crippen molar-refractivity contribution in [2.75, 3.05) is 0 Å². The second-order valence-electron chi connectivity index (χ2n) is 4.53. The molecular formula is C17H13NO. The monoisotopic (exact) mass is 247 g/mol. The van der Waals surface area contributed by atoms with Crippen molar-refractivity contribution in [3.05, 3.63) is 77.6 Å². The topological polar surface area (TPSA) is 30.0 Å². The fraction of sp³-hybridized carbons (Fsp3) is 0.0588. The zero-order valence-corrected chi connectivity index (χ0v) is 10.6. The molecule has 2 heteroatoms. The highest BCUT2D eigenvalue weighted by Crippen LogP contribution is 2.20. The summed E-state index contributed by atoms with van der Waals surface area (Å²) < 4.78 is 0. The molecule has 0 aliphatic heterocycles. The normalized spacial score (nSPS) is 10.6. The van der Waals surface area contributed by atoms with E-state index in [2.05, 4.69) is 4.98 Å². The van der Waals surface area contributed by atoms with Crippen LogP contribution in [0.4, 0.5) is 0 Å². The Morgan fingerprint density at radius 2 is 1.63 bits per heavy atom. The van der Waals surface area contributed by atoms with E-state index in [0.717, 1.165) is 16.5 Å². The second-order valence-corrected chi connectivity index (χ2v) is 4.53. The molecule has 0 atom stereocenters. The van der Waals surface area contributed by atoms with Crippen LogP contribution in [0.2, 0.25) is 0 Å². The lowest BCUT2D eigenvalue weighted by Gasteiger charge is -2.06. The Balaban J connectivity index is 2.23. The van der Waals surface area contributed by atoms with Crippen LogP contribution in [0.1, 0.15) is 21.7 Å². The van der Waals surface area contributed by atoms with E-state index in [1.165, 1.54) is 0 Å². The molecule has 0 aliphatic carbocycles. The number of pyridine rings is 1. The van der Waals surface area contributed by atoms with Crippen molar-refractivity contribution in [1.29, 1.82) is 0 Å². The first-order chi connectivity index (χ1) is 9.25. The minimum Gasteiger partial charge on any atom is -0.287 e. The number of aryl methyl sites for hydroxylation is 1. The van der Waals surface area contributed by atoms with Crippen LogP contribution < -0.4 is 0 Å². The number of carbonyl (C=O) groups excluding carboxylic acids is 1. The van der Waals surface area contributed by atoms with Gasteiger partial charge in [-0.2, -0.15) is 0 Å². The molecule has 3 aromatic rings. The number of nitrogens with zero attached hydrogens (tertiary/aromatic N) is 1. The van der Waals surface area contributed by atoms with E-state index in [1.54, 1.807) is 0 Å². The van der Waals surface area contributed by atoms with Crippen molar-refractivity contribution < 1.29 is 4.79 Å². The number of hydrogen-bond donors (Lipinski definition) is 0.